The van der Waals surface area contributed by atoms with Crippen LogP contribution in [-0.2, 0) is 16.0 Å². The van der Waals surface area contributed by atoms with Crippen molar-refractivity contribution in [3.63, 3.8) is 0 Å². The summed E-state index contributed by atoms with van der Waals surface area (Å²) in [5.74, 6) is -2.96. The number of thiophene rings is 1. The van der Waals surface area contributed by atoms with Crippen molar-refractivity contribution in [3.8, 4) is 0 Å². The predicted octanol–water partition coefficient (Wildman–Crippen LogP) is 1.47. The van der Waals surface area contributed by atoms with E-state index in [4.69, 9.17) is 10.2 Å². The van der Waals surface area contributed by atoms with Gasteiger partial charge in [0.25, 0.3) is 0 Å². The van der Waals surface area contributed by atoms with Crippen molar-refractivity contribution in [2.75, 3.05) is 0 Å². The van der Waals surface area contributed by atoms with Crippen LogP contribution in [0.2, 0.25) is 0 Å². The molecule has 0 unspecified atom stereocenters. The molecule has 1 atom stereocenters. The van der Waals surface area contributed by atoms with Crippen LogP contribution in [0.1, 0.15) is 11.3 Å². The molecule has 0 aliphatic heterocycles. The van der Waals surface area contributed by atoms with Crippen molar-refractivity contribution in [2.45, 2.75) is 12.8 Å². The van der Waals surface area contributed by atoms with Gasteiger partial charge in [-0.05, 0) is 17.9 Å². The van der Waals surface area contributed by atoms with E-state index in [2.05, 4.69) is 0 Å². The Labute approximate surface area is 84.8 Å². The van der Waals surface area contributed by atoms with Crippen LogP contribution in [-0.4, -0.2) is 22.2 Å². The molecule has 0 amide bonds. The largest absolute Gasteiger partial charge is 0.481 e. The summed E-state index contributed by atoms with van der Waals surface area (Å²) < 4.78 is 0. The molecule has 0 aliphatic carbocycles. The van der Waals surface area contributed by atoms with Gasteiger partial charge in [-0.1, -0.05) is 6.07 Å². The second kappa shape index (κ2) is 4.76. The predicted molar refractivity (Wildman–Crippen MR) is 51.4 cm³/mol. The van der Waals surface area contributed by atoms with Crippen LogP contribution in [0.15, 0.2) is 17.5 Å². The zero-order valence-electron chi connectivity index (χ0n) is 7.34. The average Bonchev–Trinajstić information content (AvgIpc) is 2.54. The molecule has 0 radical (unpaired) electrons. The number of carboxylic acid groups (broad SMARTS) is 2. The first-order chi connectivity index (χ1) is 6.59. The van der Waals surface area contributed by atoms with E-state index in [0.29, 0.717) is 6.42 Å². The molecule has 14 heavy (non-hydrogen) atoms. The van der Waals surface area contributed by atoms with Gasteiger partial charge >= 0.3 is 11.9 Å². The van der Waals surface area contributed by atoms with E-state index in [1.807, 2.05) is 17.5 Å². The fourth-order valence-corrected chi connectivity index (χ4v) is 1.92. The maximum Gasteiger partial charge on any atom is 0.307 e. The maximum atomic E-state index is 10.7. The van der Waals surface area contributed by atoms with Crippen molar-refractivity contribution >= 4 is 23.3 Å². The number of hydrogen-bond donors (Lipinski definition) is 2. The highest BCUT2D eigenvalue weighted by Crippen LogP contribution is 2.17. The lowest BCUT2D eigenvalue weighted by molar-refractivity contribution is -0.148. The van der Waals surface area contributed by atoms with Gasteiger partial charge in [0.1, 0.15) is 0 Å². The molecule has 0 saturated carbocycles. The van der Waals surface area contributed by atoms with Crippen molar-refractivity contribution < 1.29 is 19.8 Å². The summed E-state index contributed by atoms with van der Waals surface area (Å²) in [5, 5.41) is 19.1. The minimum Gasteiger partial charge on any atom is -0.481 e. The lowest BCUT2D eigenvalue weighted by Crippen LogP contribution is -2.19. The smallest absolute Gasteiger partial charge is 0.307 e. The molecule has 0 fully saturated rings. The van der Waals surface area contributed by atoms with E-state index in [1.165, 1.54) is 11.3 Å². The van der Waals surface area contributed by atoms with Gasteiger partial charge in [0.05, 0.1) is 12.3 Å². The number of rotatable bonds is 5. The zero-order valence-corrected chi connectivity index (χ0v) is 8.16. The van der Waals surface area contributed by atoms with Gasteiger partial charge < -0.3 is 10.2 Å². The average molecular weight is 214 g/mol. The number of carboxylic acids is 2. The summed E-state index contributed by atoms with van der Waals surface area (Å²) in [4.78, 5) is 22.0. The molecule has 1 heterocycles. The van der Waals surface area contributed by atoms with Gasteiger partial charge in [-0.2, -0.15) is 0 Å². The highest BCUT2D eigenvalue weighted by atomic mass is 32.1. The summed E-state index contributed by atoms with van der Waals surface area (Å²) in [6, 6.07) is 3.63. The second-order valence-electron chi connectivity index (χ2n) is 2.92. The fraction of sp³-hybridized carbons (Fsp3) is 0.333. The van der Waals surface area contributed by atoms with E-state index in [9.17, 15) is 9.59 Å². The Balaban J connectivity index is 2.60. The van der Waals surface area contributed by atoms with Gasteiger partial charge in [0.2, 0.25) is 0 Å². The maximum absolute atomic E-state index is 10.7. The van der Waals surface area contributed by atoms with E-state index in [-0.39, 0.29) is 6.42 Å². The summed E-state index contributed by atoms with van der Waals surface area (Å²) >= 11 is 1.44. The Morgan fingerprint density at radius 2 is 2.14 bits per heavy atom. The Morgan fingerprint density at radius 3 is 2.57 bits per heavy atom. The summed E-state index contributed by atoms with van der Waals surface area (Å²) in [7, 11) is 0. The van der Waals surface area contributed by atoms with Crippen LogP contribution in [0.5, 0.6) is 0 Å². The van der Waals surface area contributed by atoms with Crippen LogP contribution < -0.4 is 0 Å². The molecule has 2 N–H and O–H groups in total. The summed E-state index contributed by atoms with van der Waals surface area (Å²) in [6.45, 7) is 0. The third-order valence-corrected chi connectivity index (χ3v) is 2.70. The van der Waals surface area contributed by atoms with Gasteiger partial charge in [0, 0.05) is 4.88 Å². The molecule has 5 heteroatoms. The SMILES string of the molecule is O=C(O)C[C@H](Cc1cccs1)C(=O)O. The Kier molecular flexibility index (Phi) is 3.64. The lowest BCUT2D eigenvalue weighted by Gasteiger charge is -2.07. The molecule has 4 nitrogen and oxygen atoms in total. The van der Waals surface area contributed by atoms with Gasteiger partial charge in [-0.15, -0.1) is 11.3 Å². The molecule has 0 bridgehead atoms. The molecular formula is C9H10O4S. The minimum absolute atomic E-state index is 0.291. The molecule has 1 aromatic rings. The van der Waals surface area contributed by atoms with Gasteiger partial charge in [-0.25, -0.2) is 0 Å². The van der Waals surface area contributed by atoms with Crippen molar-refractivity contribution in [1.82, 2.24) is 0 Å². The third kappa shape index (κ3) is 3.18. The molecule has 1 aromatic heterocycles. The molecule has 1 rings (SSSR count). The fourth-order valence-electron chi connectivity index (χ4n) is 1.13. The molecule has 0 aliphatic rings. The number of hydrogen-bond acceptors (Lipinski definition) is 3. The monoisotopic (exact) mass is 214 g/mol. The van der Waals surface area contributed by atoms with Crippen LogP contribution in [0.3, 0.4) is 0 Å². The molecule has 76 valence electrons. The minimum atomic E-state index is -1.08. The standard InChI is InChI=1S/C9H10O4S/c10-8(11)5-6(9(12)13)4-7-2-1-3-14-7/h1-3,6H,4-5H2,(H,10,11)(H,12,13)/t6-/m0/s1. The molecule has 0 saturated heterocycles. The van der Waals surface area contributed by atoms with E-state index >= 15 is 0 Å². The van der Waals surface area contributed by atoms with Crippen LogP contribution in [0.25, 0.3) is 0 Å². The number of aliphatic carboxylic acids is 2. The second-order valence-corrected chi connectivity index (χ2v) is 3.95. The van der Waals surface area contributed by atoms with Crippen molar-refractivity contribution in [1.29, 1.82) is 0 Å². The van der Waals surface area contributed by atoms with E-state index < -0.39 is 17.9 Å². The summed E-state index contributed by atoms with van der Waals surface area (Å²) in [6.07, 6.45) is -0.0352. The number of carbonyl (C=O) groups is 2. The normalized spacial score (nSPS) is 12.3. The van der Waals surface area contributed by atoms with E-state index in [0.717, 1.165) is 4.88 Å². The summed E-state index contributed by atoms with van der Waals surface area (Å²) in [5.41, 5.74) is 0. The Bertz CT molecular complexity index is 318. The quantitative estimate of drug-likeness (QED) is 0.778. The third-order valence-electron chi connectivity index (χ3n) is 1.80. The van der Waals surface area contributed by atoms with Crippen LogP contribution in [0.4, 0.5) is 0 Å². The first kappa shape index (κ1) is 10.7. The van der Waals surface area contributed by atoms with Gasteiger partial charge in [-0.3, -0.25) is 9.59 Å². The topological polar surface area (TPSA) is 74.6 Å². The van der Waals surface area contributed by atoms with Crippen LogP contribution >= 0.6 is 11.3 Å². The lowest BCUT2D eigenvalue weighted by atomic mass is 10.0. The van der Waals surface area contributed by atoms with Crippen molar-refractivity contribution in [2.24, 2.45) is 5.92 Å². The molecule has 0 spiro atoms. The Morgan fingerprint density at radius 1 is 1.43 bits per heavy atom. The zero-order chi connectivity index (χ0) is 10.6. The first-order valence-electron chi connectivity index (χ1n) is 4.06. The highest BCUT2D eigenvalue weighted by Gasteiger charge is 2.21. The molecular weight excluding hydrogens is 204 g/mol. The van der Waals surface area contributed by atoms with Gasteiger partial charge in [0.15, 0.2) is 0 Å². The first-order valence-corrected chi connectivity index (χ1v) is 4.94. The highest BCUT2D eigenvalue weighted by molar-refractivity contribution is 7.09. The van der Waals surface area contributed by atoms with E-state index in [1.54, 1.807) is 0 Å². The molecule has 0 aromatic carbocycles. The van der Waals surface area contributed by atoms with Crippen molar-refractivity contribution in [3.05, 3.63) is 22.4 Å². The van der Waals surface area contributed by atoms with Crippen LogP contribution in [0, 0.1) is 5.92 Å². The Hall–Kier alpha value is -1.36.